The molecule has 0 aliphatic rings. The van der Waals surface area contributed by atoms with Gasteiger partial charge in [-0.3, -0.25) is 14.2 Å². The number of esters is 2. The summed E-state index contributed by atoms with van der Waals surface area (Å²) < 4.78 is 33.8. The molecular weight excluding hydrogens is 713 g/mol. The van der Waals surface area contributed by atoms with Gasteiger partial charge in [0, 0.05) is 12.8 Å². The number of allylic oxidation sites excluding steroid dienone is 8. The van der Waals surface area contributed by atoms with Crippen LogP contribution in [-0.4, -0.2) is 70.0 Å². The number of ether oxygens (including phenoxy) is 2. The molecule has 0 spiro atoms. The molecule has 0 aromatic carbocycles. The van der Waals surface area contributed by atoms with Crippen molar-refractivity contribution in [3.63, 3.8) is 0 Å². The van der Waals surface area contributed by atoms with Gasteiger partial charge in [-0.05, 0) is 57.8 Å². The van der Waals surface area contributed by atoms with E-state index in [-0.39, 0.29) is 26.1 Å². The van der Waals surface area contributed by atoms with Gasteiger partial charge >= 0.3 is 11.9 Å². The number of rotatable bonds is 39. The molecule has 0 radical (unpaired) electrons. The minimum atomic E-state index is -4.64. The van der Waals surface area contributed by atoms with Crippen LogP contribution in [0.2, 0.25) is 0 Å². The Morgan fingerprint density at radius 3 is 1.62 bits per heavy atom. The number of phosphoric ester groups is 1. The lowest BCUT2D eigenvalue weighted by atomic mass is 10.1. The lowest BCUT2D eigenvalue weighted by Crippen LogP contribution is -2.37. The number of carbonyl (C=O) groups is 2. The molecule has 55 heavy (non-hydrogen) atoms. The van der Waals surface area contributed by atoms with Gasteiger partial charge in [0.1, 0.15) is 19.8 Å². The highest BCUT2D eigenvalue weighted by Gasteiger charge is 2.21. The molecule has 0 aromatic heterocycles. The van der Waals surface area contributed by atoms with E-state index in [2.05, 4.69) is 50.3 Å². The highest BCUT2D eigenvalue weighted by atomic mass is 31.2. The summed E-state index contributed by atoms with van der Waals surface area (Å²) in [7, 11) is 1.12. The molecule has 0 bridgehead atoms. The van der Waals surface area contributed by atoms with Crippen LogP contribution in [0.4, 0.5) is 0 Å². The molecular formula is C45H82NO8P. The van der Waals surface area contributed by atoms with Crippen molar-refractivity contribution >= 4 is 19.8 Å². The fraction of sp³-hybridized carbons (Fsp3) is 0.778. The first-order valence-corrected chi connectivity index (χ1v) is 23.3. The maximum absolute atomic E-state index is 12.6. The van der Waals surface area contributed by atoms with E-state index in [1.165, 1.54) is 83.5 Å². The normalized spacial score (nSPS) is 14.1. The maximum atomic E-state index is 12.6. The third kappa shape index (κ3) is 41.4. The van der Waals surface area contributed by atoms with Gasteiger partial charge in [-0.25, -0.2) is 0 Å². The first-order chi connectivity index (χ1) is 26.5. The van der Waals surface area contributed by atoms with Gasteiger partial charge in [0.25, 0.3) is 7.82 Å². The average molecular weight is 796 g/mol. The zero-order valence-corrected chi connectivity index (χ0v) is 36.8. The monoisotopic (exact) mass is 796 g/mol. The summed E-state index contributed by atoms with van der Waals surface area (Å²) in [5.74, 6) is -0.932. The van der Waals surface area contributed by atoms with Gasteiger partial charge in [-0.2, -0.15) is 0 Å². The molecule has 0 aromatic rings. The van der Waals surface area contributed by atoms with E-state index in [1.807, 2.05) is 33.3 Å². The Hall–Kier alpha value is -2.03. The topological polar surface area (TPSA) is 111 Å². The SMILES string of the molecule is CCCCCCCC/C=C/C/C=C/CCC(=O)OC(COC(=O)CCCCCCC/C=C/C=C/CCCCCCCCC)COP(=O)([O-])OCC[N+](C)(C)C. The van der Waals surface area contributed by atoms with Gasteiger partial charge in [0.15, 0.2) is 6.10 Å². The molecule has 0 saturated carbocycles. The standard InChI is InChI=1S/C45H82NO8P/c1-6-8-10-12-14-16-18-20-21-22-23-24-26-27-29-31-33-35-37-44(47)51-41-43(42-53-55(49,50)52-40-39-46(3,4)5)54-45(48)38-36-34-32-30-28-25-19-17-15-13-11-9-7-2/h21-25,28,32,34,43H,6-20,26-27,29-31,33,35-42H2,1-5H3/b22-21+,24-23+,28-25+,34-32+. The van der Waals surface area contributed by atoms with E-state index < -0.39 is 32.5 Å². The van der Waals surface area contributed by atoms with E-state index in [0.717, 1.165) is 51.4 Å². The number of unbranched alkanes of at least 4 members (excludes halogenated alkanes) is 18. The van der Waals surface area contributed by atoms with Crippen LogP contribution in [0.3, 0.4) is 0 Å². The number of nitrogens with zero attached hydrogens (tertiary/aromatic N) is 1. The third-order valence-corrected chi connectivity index (χ3v) is 10.1. The highest BCUT2D eigenvalue weighted by molar-refractivity contribution is 7.45. The molecule has 0 aliphatic carbocycles. The van der Waals surface area contributed by atoms with Crippen LogP contribution in [0.5, 0.6) is 0 Å². The molecule has 0 fully saturated rings. The minimum Gasteiger partial charge on any atom is -0.756 e. The predicted molar refractivity (Wildman–Crippen MR) is 227 cm³/mol. The Balaban J connectivity index is 4.44. The van der Waals surface area contributed by atoms with Crippen molar-refractivity contribution in [2.75, 3.05) is 47.5 Å². The number of quaternary nitrogens is 1. The molecule has 0 rings (SSSR count). The number of likely N-dealkylation sites (N-methyl/N-ethyl adjacent to an activating group) is 1. The van der Waals surface area contributed by atoms with E-state index in [1.54, 1.807) is 0 Å². The van der Waals surface area contributed by atoms with Crippen molar-refractivity contribution in [3.05, 3.63) is 48.6 Å². The second-order valence-corrected chi connectivity index (χ2v) is 17.1. The van der Waals surface area contributed by atoms with Gasteiger partial charge in [-0.1, -0.05) is 152 Å². The van der Waals surface area contributed by atoms with Crippen molar-refractivity contribution in [1.82, 2.24) is 0 Å². The molecule has 2 atom stereocenters. The number of carbonyl (C=O) groups excluding carboxylic acids is 2. The second-order valence-electron chi connectivity index (χ2n) is 15.7. The van der Waals surface area contributed by atoms with Gasteiger partial charge in [0.05, 0.1) is 27.7 Å². The van der Waals surface area contributed by atoms with Crippen molar-refractivity contribution < 1.29 is 42.1 Å². The summed E-state index contributed by atoms with van der Waals surface area (Å²) >= 11 is 0. The summed E-state index contributed by atoms with van der Waals surface area (Å²) in [6, 6.07) is 0. The smallest absolute Gasteiger partial charge is 0.306 e. The first-order valence-electron chi connectivity index (χ1n) is 21.9. The number of phosphoric acid groups is 1. The molecule has 0 aliphatic heterocycles. The van der Waals surface area contributed by atoms with Crippen LogP contribution in [0.1, 0.15) is 174 Å². The van der Waals surface area contributed by atoms with Crippen molar-refractivity contribution in [3.8, 4) is 0 Å². The quantitative estimate of drug-likeness (QED) is 0.0151. The lowest BCUT2D eigenvalue weighted by Gasteiger charge is -2.28. The van der Waals surface area contributed by atoms with E-state index in [9.17, 15) is 19.0 Å². The Morgan fingerprint density at radius 1 is 0.582 bits per heavy atom. The fourth-order valence-electron chi connectivity index (χ4n) is 5.64. The second kappa shape index (κ2) is 37.5. The summed E-state index contributed by atoms with van der Waals surface area (Å²) in [5, 5.41) is 0. The molecule has 10 heteroatoms. The lowest BCUT2D eigenvalue weighted by molar-refractivity contribution is -0.870. The van der Waals surface area contributed by atoms with Gasteiger partial charge < -0.3 is 27.9 Å². The third-order valence-electron chi connectivity index (χ3n) is 9.11. The summed E-state index contributed by atoms with van der Waals surface area (Å²) in [5.41, 5.74) is 0. The largest absolute Gasteiger partial charge is 0.756 e. The molecule has 2 unspecified atom stereocenters. The van der Waals surface area contributed by atoms with Crippen molar-refractivity contribution in [1.29, 1.82) is 0 Å². The molecule has 0 N–H and O–H groups in total. The minimum absolute atomic E-state index is 0.0439. The van der Waals surface area contributed by atoms with Gasteiger partial charge in [-0.15, -0.1) is 0 Å². The zero-order chi connectivity index (χ0) is 40.7. The van der Waals surface area contributed by atoms with E-state index in [4.69, 9.17) is 18.5 Å². The summed E-state index contributed by atoms with van der Waals surface area (Å²) in [6.45, 7) is 4.12. The van der Waals surface area contributed by atoms with Crippen LogP contribution in [0.25, 0.3) is 0 Å². The van der Waals surface area contributed by atoms with Crippen molar-refractivity contribution in [2.45, 2.75) is 180 Å². The summed E-state index contributed by atoms with van der Waals surface area (Å²) in [4.78, 5) is 37.4. The summed E-state index contributed by atoms with van der Waals surface area (Å²) in [6.07, 6.45) is 43.0. The molecule has 0 amide bonds. The Labute approximate surface area is 337 Å². The Morgan fingerprint density at radius 2 is 1.07 bits per heavy atom. The Bertz CT molecular complexity index is 1080. The van der Waals surface area contributed by atoms with E-state index >= 15 is 0 Å². The zero-order valence-electron chi connectivity index (χ0n) is 35.9. The molecule has 9 nitrogen and oxygen atoms in total. The molecule has 0 saturated heterocycles. The average Bonchev–Trinajstić information content (AvgIpc) is 3.13. The van der Waals surface area contributed by atoms with Crippen LogP contribution in [-0.2, 0) is 32.7 Å². The molecule has 320 valence electrons. The highest BCUT2D eigenvalue weighted by Crippen LogP contribution is 2.38. The van der Waals surface area contributed by atoms with Crippen LogP contribution in [0, 0.1) is 0 Å². The van der Waals surface area contributed by atoms with Crippen molar-refractivity contribution in [2.24, 2.45) is 0 Å². The van der Waals surface area contributed by atoms with Gasteiger partial charge in [0.2, 0.25) is 0 Å². The number of hydrogen-bond acceptors (Lipinski definition) is 8. The molecule has 0 heterocycles. The fourth-order valence-corrected chi connectivity index (χ4v) is 6.37. The Kier molecular flexibility index (Phi) is 36.2. The van der Waals surface area contributed by atoms with Crippen LogP contribution >= 0.6 is 7.82 Å². The first kappa shape index (κ1) is 53.0. The van der Waals surface area contributed by atoms with Crippen LogP contribution < -0.4 is 4.89 Å². The number of hydrogen-bond donors (Lipinski definition) is 0. The maximum Gasteiger partial charge on any atom is 0.306 e. The van der Waals surface area contributed by atoms with Crippen LogP contribution in [0.15, 0.2) is 48.6 Å². The predicted octanol–water partition coefficient (Wildman–Crippen LogP) is 11.7. The van der Waals surface area contributed by atoms with E-state index in [0.29, 0.717) is 23.9 Å².